The molecular formula is C8H9O4Si. The van der Waals surface area contributed by atoms with Gasteiger partial charge in [0.05, 0.1) is 0 Å². The van der Waals surface area contributed by atoms with Crippen molar-refractivity contribution < 1.29 is 19.1 Å². The van der Waals surface area contributed by atoms with Crippen LogP contribution in [0.2, 0.25) is 6.55 Å². The Bertz CT molecular complexity index is 311. The summed E-state index contributed by atoms with van der Waals surface area (Å²) in [4.78, 5) is 20.0. The Morgan fingerprint density at radius 1 is 1.46 bits per heavy atom. The summed E-state index contributed by atoms with van der Waals surface area (Å²) in [5, 5.41) is 9.22. The monoisotopic (exact) mass is 197 g/mol. The summed E-state index contributed by atoms with van der Waals surface area (Å²) in [5.74, 6) is -0.840. The van der Waals surface area contributed by atoms with Crippen molar-refractivity contribution in [2.75, 3.05) is 0 Å². The van der Waals surface area contributed by atoms with Gasteiger partial charge in [-0.2, -0.15) is 0 Å². The molecule has 1 aromatic carbocycles. The van der Waals surface area contributed by atoms with E-state index in [1.807, 2.05) is 0 Å². The van der Waals surface area contributed by atoms with Gasteiger partial charge in [0.25, 0.3) is 0 Å². The first-order chi connectivity index (χ1) is 6.11. The third-order valence-corrected chi connectivity index (χ3v) is 1.85. The van der Waals surface area contributed by atoms with E-state index in [1.54, 1.807) is 12.1 Å². The number of phenolic OH excluding ortho intramolecular Hbond substituents is 1. The fraction of sp³-hybridized carbons (Fsp3) is 0.125. The van der Waals surface area contributed by atoms with Crippen LogP contribution in [0.4, 0.5) is 0 Å². The molecule has 0 atom stereocenters. The first-order valence-electron chi connectivity index (χ1n) is 3.64. The summed E-state index contributed by atoms with van der Waals surface area (Å²) >= 11 is 0. The van der Waals surface area contributed by atoms with Crippen LogP contribution in [0.15, 0.2) is 24.3 Å². The summed E-state index contributed by atoms with van der Waals surface area (Å²) in [6, 6.07) is 6.02. The van der Waals surface area contributed by atoms with Crippen LogP contribution in [-0.4, -0.2) is 25.2 Å². The zero-order chi connectivity index (χ0) is 9.84. The maximum absolute atomic E-state index is 11.2. The SMILES string of the molecule is C[Si](O)OC(=O)c1ccccc1O. The molecule has 2 N–H and O–H groups in total. The number of carbonyl (C=O) groups is 1. The molecule has 0 unspecified atom stereocenters. The van der Waals surface area contributed by atoms with E-state index in [0.717, 1.165) is 0 Å². The fourth-order valence-corrected chi connectivity index (χ4v) is 1.21. The Balaban J connectivity index is 2.83. The molecule has 0 saturated heterocycles. The molecule has 0 spiro atoms. The van der Waals surface area contributed by atoms with Gasteiger partial charge in [0.1, 0.15) is 11.3 Å². The number of phenols is 1. The molecule has 13 heavy (non-hydrogen) atoms. The van der Waals surface area contributed by atoms with Gasteiger partial charge in [-0.25, -0.2) is 4.79 Å². The largest absolute Gasteiger partial charge is 0.507 e. The lowest BCUT2D eigenvalue weighted by molar-refractivity contribution is 0.0702. The van der Waals surface area contributed by atoms with E-state index in [4.69, 9.17) is 4.80 Å². The van der Waals surface area contributed by atoms with Gasteiger partial charge in [0.2, 0.25) is 0 Å². The van der Waals surface area contributed by atoms with E-state index in [-0.39, 0.29) is 11.3 Å². The third kappa shape index (κ3) is 2.57. The Labute approximate surface area is 77.2 Å². The standard InChI is InChI=1S/C8H9O4Si/c1-13(11)12-8(10)6-4-2-3-5-7(6)9/h2-5,9,11H,1H3. The van der Waals surface area contributed by atoms with Gasteiger partial charge in [-0.3, -0.25) is 0 Å². The van der Waals surface area contributed by atoms with Crippen LogP contribution in [0.3, 0.4) is 0 Å². The van der Waals surface area contributed by atoms with Crippen LogP contribution >= 0.6 is 0 Å². The molecule has 0 fully saturated rings. The maximum Gasteiger partial charge on any atom is 0.453 e. The van der Waals surface area contributed by atoms with Gasteiger partial charge in [-0.15, -0.1) is 0 Å². The number of benzene rings is 1. The number of para-hydroxylation sites is 1. The van der Waals surface area contributed by atoms with Crippen molar-refractivity contribution >= 4 is 15.3 Å². The summed E-state index contributed by atoms with van der Waals surface area (Å²) < 4.78 is 4.58. The second-order valence-electron chi connectivity index (χ2n) is 2.43. The highest BCUT2D eigenvalue weighted by molar-refractivity contribution is 6.44. The molecule has 4 nitrogen and oxygen atoms in total. The predicted octanol–water partition coefficient (Wildman–Crippen LogP) is 0.659. The molecule has 1 aromatic rings. The summed E-state index contributed by atoms with van der Waals surface area (Å²) in [5.41, 5.74) is 0.0703. The smallest absolute Gasteiger partial charge is 0.453 e. The average Bonchev–Trinajstić information content (AvgIpc) is 2.03. The normalized spacial score (nSPS) is 10.1. The third-order valence-electron chi connectivity index (χ3n) is 1.36. The molecule has 0 amide bonds. The number of aromatic hydroxyl groups is 1. The minimum atomic E-state index is -2.06. The first kappa shape index (κ1) is 9.75. The Morgan fingerprint density at radius 3 is 2.62 bits per heavy atom. The second kappa shape index (κ2) is 4.06. The van der Waals surface area contributed by atoms with Crippen molar-refractivity contribution in [3.8, 4) is 5.75 Å². The Hall–Kier alpha value is -1.33. The highest BCUT2D eigenvalue weighted by Crippen LogP contribution is 2.16. The van der Waals surface area contributed by atoms with Gasteiger partial charge in [-0.05, 0) is 18.7 Å². The van der Waals surface area contributed by atoms with Crippen LogP contribution in [0.5, 0.6) is 5.75 Å². The molecular weight excluding hydrogens is 188 g/mol. The quantitative estimate of drug-likeness (QED) is 0.683. The van der Waals surface area contributed by atoms with E-state index in [1.165, 1.54) is 18.7 Å². The first-order valence-corrected chi connectivity index (χ1v) is 5.49. The van der Waals surface area contributed by atoms with Crippen LogP contribution in [0, 0.1) is 0 Å². The molecule has 0 aliphatic rings. The van der Waals surface area contributed by atoms with Crippen LogP contribution in [0.25, 0.3) is 0 Å². The summed E-state index contributed by atoms with van der Waals surface area (Å²) in [7, 11) is -2.06. The highest BCUT2D eigenvalue weighted by atomic mass is 28.3. The topological polar surface area (TPSA) is 66.8 Å². The van der Waals surface area contributed by atoms with Crippen molar-refractivity contribution in [3.63, 3.8) is 0 Å². The molecule has 1 rings (SSSR count). The van der Waals surface area contributed by atoms with Crippen LogP contribution < -0.4 is 0 Å². The van der Waals surface area contributed by atoms with Crippen LogP contribution in [0.1, 0.15) is 10.4 Å². The van der Waals surface area contributed by atoms with Crippen molar-refractivity contribution in [1.82, 2.24) is 0 Å². The molecule has 5 heteroatoms. The van der Waals surface area contributed by atoms with Crippen molar-refractivity contribution in [2.24, 2.45) is 0 Å². The lowest BCUT2D eigenvalue weighted by Gasteiger charge is -2.05. The fourth-order valence-electron chi connectivity index (χ4n) is 0.835. The molecule has 0 aliphatic heterocycles. The van der Waals surface area contributed by atoms with Gasteiger partial charge in [0.15, 0.2) is 0 Å². The van der Waals surface area contributed by atoms with E-state index < -0.39 is 15.3 Å². The predicted molar refractivity (Wildman–Crippen MR) is 47.4 cm³/mol. The highest BCUT2D eigenvalue weighted by Gasteiger charge is 2.15. The van der Waals surface area contributed by atoms with E-state index in [9.17, 15) is 9.90 Å². The molecule has 0 saturated carbocycles. The van der Waals surface area contributed by atoms with Crippen molar-refractivity contribution in [3.05, 3.63) is 29.8 Å². The second-order valence-corrected chi connectivity index (χ2v) is 3.67. The number of carbonyl (C=O) groups excluding carboxylic acids is 1. The zero-order valence-corrected chi connectivity index (χ0v) is 8.02. The number of rotatable bonds is 2. The summed E-state index contributed by atoms with van der Waals surface area (Å²) in [6.45, 7) is 1.42. The molecule has 0 aliphatic carbocycles. The maximum atomic E-state index is 11.2. The molecule has 0 heterocycles. The Morgan fingerprint density at radius 2 is 2.08 bits per heavy atom. The Kier molecular flexibility index (Phi) is 3.05. The number of hydrogen-bond acceptors (Lipinski definition) is 4. The molecule has 1 radical (unpaired) electrons. The lowest BCUT2D eigenvalue weighted by atomic mass is 10.2. The molecule has 69 valence electrons. The van der Waals surface area contributed by atoms with Gasteiger partial charge in [0, 0.05) is 0 Å². The van der Waals surface area contributed by atoms with Crippen molar-refractivity contribution in [2.45, 2.75) is 6.55 Å². The summed E-state index contributed by atoms with van der Waals surface area (Å²) in [6.07, 6.45) is 0. The van der Waals surface area contributed by atoms with E-state index in [2.05, 4.69) is 4.43 Å². The van der Waals surface area contributed by atoms with E-state index >= 15 is 0 Å². The molecule has 0 aromatic heterocycles. The zero-order valence-electron chi connectivity index (χ0n) is 7.02. The average molecular weight is 197 g/mol. The minimum absolute atomic E-state index is 0.0703. The van der Waals surface area contributed by atoms with Gasteiger partial charge >= 0.3 is 15.3 Å². The van der Waals surface area contributed by atoms with Gasteiger partial charge in [-0.1, -0.05) is 12.1 Å². The molecule has 0 bridgehead atoms. The van der Waals surface area contributed by atoms with Gasteiger partial charge < -0.3 is 14.3 Å². The van der Waals surface area contributed by atoms with Crippen LogP contribution in [-0.2, 0) is 4.43 Å². The van der Waals surface area contributed by atoms with E-state index in [0.29, 0.717) is 0 Å². The minimum Gasteiger partial charge on any atom is -0.507 e. The lowest BCUT2D eigenvalue weighted by Crippen LogP contribution is -2.18. The van der Waals surface area contributed by atoms with Crippen molar-refractivity contribution in [1.29, 1.82) is 0 Å². The number of hydrogen-bond donors (Lipinski definition) is 2.